The molecular formula is C10H12N2O3. The van der Waals surface area contributed by atoms with Crippen LogP contribution in [0, 0.1) is 0 Å². The number of anilines is 1. The van der Waals surface area contributed by atoms with E-state index in [-0.39, 0.29) is 26.0 Å². The Morgan fingerprint density at radius 3 is 2.47 bits per heavy atom. The van der Waals surface area contributed by atoms with Crippen molar-refractivity contribution in [3.05, 3.63) is 29.8 Å². The van der Waals surface area contributed by atoms with E-state index in [2.05, 4.69) is 0 Å². The maximum atomic E-state index is 11.8. The number of nitrogens with zero attached hydrogens (tertiary/aromatic N) is 2. The number of fused-ring (bicyclic) bond motifs is 1. The zero-order chi connectivity index (χ0) is 10.8. The first-order chi connectivity index (χ1) is 7.27. The number of rotatable bonds is 2. The Kier molecular flexibility index (Phi) is 2.57. The lowest BCUT2D eigenvalue weighted by molar-refractivity contribution is 0.0517. The average Bonchev–Trinajstić information content (AvgIpc) is 2.30. The molecule has 1 amide bonds. The molecule has 5 nitrogen and oxygen atoms in total. The molecule has 0 spiro atoms. The summed E-state index contributed by atoms with van der Waals surface area (Å²) < 4.78 is 0. The van der Waals surface area contributed by atoms with Crippen LogP contribution in [0.4, 0.5) is 5.69 Å². The van der Waals surface area contributed by atoms with Crippen molar-refractivity contribution < 1.29 is 15.0 Å². The highest BCUT2D eigenvalue weighted by Gasteiger charge is 2.27. The SMILES string of the molecule is O=C1c2ccccc2N(CO)CN1CO. The normalized spacial score (nSPS) is 15.5. The highest BCUT2D eigenvalue weighted by atomic mass is 16.3. The van der Waals surface area contributed by atoms with E-state index < -0.39 is 0 Å². The van der Waals surface area contributed by atoms with Gasteiger partial charge in [-0.3, -0.25) is 9.69 Å². The van der Waals surface area contributed by atoms with Crippen LogP contribution in [0.1, 0.15) is 10.4 Å². The Balaban J connectivity index is 2.44. The van der Waals surface area contributed by atoms with Crippen molar-refractivity contribution in [2.24, 2.45) is 0 Å². The second-order valence-corrected chi connectivity index (χ2v) is 3.33. The highest BCUT2D eigenvalue weighted by molar-refractivity contribution is 6.01. The molecule has 0 aromatic heterocycles. The van der Waals surface area contributed by atoms with Gasteiger partial charge in [0.05, 0.1) is 17.9 Å². The van der Waals surface area contributed by atoms with Gasteiger partial charge in [0.15, 0.2) is 0 Å². The Hall–Kier alpha value is -1.59. The topological polar surface area (TPSA) is 64.0 Å². The predicted molar refractivity (Wildman–Crippen MR) is 54.1 cm³/mol. The van der Waals surface area contributed by atoms with E-state index in [0.717, 1.165) is 0 Å². The van der Waals surface area contributed by atoms with Crippen LogP contribution >= 0.6 is 0 Å². The fourth-order valence-electron chi connectivity index (χ4n) is 1.68. The van der Waals surface area contributed by atoms with Crippen molar-refractivity contribution in [3.8, 4) is 0 Å². The Morgan fingerprint density at radius 1 is 1.13 bits per heavy atom. The Labute approximate surface area is 87.2 Å². The molecule has 0 saturated carbocycles. The van der Waals surface area contributed by atoms with Gasteiger partial charge in [-0.05, 0) is 12.1 Å². The molecule has 5 heteroatoms. The zero-order valence-corrected chi connectivity index (χ0v) is 8.13. The number of para-hydroxylation sites is 1. The molecule has 2 rings (SSSR count). The second kappa shape index (κ2) is 3.88. The minimum Gasteiger partial charge on any atom is -0.376 e. The van der Waals surface area contributed by atoms with Crippen LogP contribution in [0.5, 0.6) is 0 Å². The van der Waals surface area contributed by atoms with Gasteiger partial charge < -0.3 is 15.1 Å². The summed E-state index contributed by atoms with van der Waals surface area (Å²) in [4.78, 5) is 14.6. The van der Waals surface area contributed by atoms with Crippen LogP contribution in [-0.4, -0.2) is 41.2 Å². The molecule has 0 aliphatic carbocycles. The molecule has 1 heterocycles. The predicted octanol–water partition coefficient (Wildman–Crippen LogP) is -0.194. The van der Waals surface area contributed by atoms with Crippen LogP contribution < -0.4 is 4.90 Å². The lowest BCUT2D eigenvalue weighted by atomic mass is 10.1. The smallest absolute Gasteiger partial charge is 0.259 e. The molecule has 0 saturated heterocycles. The minimum atomic E-state index is -0.344. The van der Waals surface area contributed by atoms with Crippen LogP contribution in [0.25, 0.3) is 0 Å². The van der Waals surface area contributed by atoms with E-state index in [4.69, 9.17) is 10.2 Å². The number of amides is 1. The van der Waals surface area contributed by atoms with Crippen LogP contribution in [0.3, 0.4) is 0 Å². The van der Waals surface area contributed by atoms with E-state index in [9.17, 15) is 4.79 Å². The number of hydrogen-bond acceptors (Lipinski definition) is 4. The summed E-state index contributed by atoms with van der Waals surface area (Å²) in [6.45, 7) is -0.312. The third kappa shape index (κ3) is 1.55. The largest absolute Gasteiger partial charge is 0.376 e. The molecule has 1 aromatic carbocycles. The van der Waals surface area contributed by atoms with Crippen molar-refractivity contribution in [1.29, 1.82) is 0 Å². The molecule has 1 aliphatic rings. The van der Waals surface area contributed by atoms with Gasteiger partial charge in [-0.1, -0.05) is 12.1 Å². The number of aliphatic hydroxyl groups excluding tert-OH is 2. The third-order valence-electron chi connectivity index (χ3n) is 2.45. The molecule has 1 aliphatic heterocycles. The van der Waals surface area contributed by atoms with E-state index in [1.54, 1.807) is 23.1 Å². The Bertz CT molecular complexity index is 381. The summed E-state index contributed by atoms with van der Waals surface area (Å²) in [5, 5.41) is 18.1. The molecular weight excluding hydrogens is 196 g/mol. The molecule has 0 unspecified atom stereocenters. The summed E-state index contributed by atoms with van der Waals surface area (Å²) in [6, 6.07) is 7.02. The van der Waals surface area contributed by atoms with Gasteiger partial charge in [0, 0.05) is 0 Å². The Morgan fingerprint density at radius 2 is 1.80 bits per heavy atom. The number of carbonyl (C=O) groups is 1. The number of aliphatic hydroxyl groups is 2. The first-order valence-electron chi connectivity index (χ1n) is 4.63. The minimum absolute atomic E-state index is 0.180. The van der Waals surface area contributed by atoms with Gasteiger partial charge in [0.25, 0.3) is 5.91 Å². The summed E-state index contributed by atoms with van der Waals surface area (Å²) >= 11 is 0. The zero-order valence-electron chi connectivity index (χ0n) is 8.13. The summed E-state index contributed by atoms with van der Waals surface area (Å²) in [6.07, 6.45) is 0. The lowest BCUT2D eigenvalue weighted by Crippen LogP contribution is -2.47. The molecule has 0 radical (unpaired) electrons. The van der Waals surface area contributed by atoms with Crippen molar-refractivity contribution in [2.45, 2.75) is 0 Å². The van der Waals surface area contributed by atoms with Gasteiger partial charge >= 0.3 is 0 Å². The van der Waals surface area contributed by atoms with Crippen LogP contribution in [0.15, 0.2) is 24.3 Å². The van der Waals surface area contributed by atoms with Crippen molar-refractivity contribution in [2.75, 3.05) is 25.0 Å². The third-order valence-corrected chi connectivity index (χ3v) is 2.45. The van der Waals surface area contributed by atoms with Gasteiger partial charge in [0.2, 0.25) is 0 Å². The average molecular weight is 208 g/mol. The second-order valence-electron chi connectivity index (χ2n) is 3.33. The first-order valence-corrected chi connectivity index (χ1v) is 4.63. The molecule has 0 atom stereocenters. The summed E-state index contributed by atoms with van der Waals surface area (Å²) in [5.74, 6) is -0.210. The number of hydrogen-bond donors (Lipinski definition) is 2. The summed E-state index contributed by atoms with van der Waals surface area (Å²) in [5.41, 5.74) is 1.21. The molecule has 1 aromatic rings. The molecule has 80 valence electrons. The number of carbonyl (C=O) groups excluding carboxylic acids is 1. The van der Waals surface area contributed by atoms with Crippen molar-refractivity contribution in [3.63, 3.8) is 0 Å². The maximum absolute atomic E-state index is 11.8. The quantitative estimate of drug-likeness (QED) is 0.707. The lowest BCUT2D eigenvalue weighted by Gasteiger charge is -2.35. The van der Waals surface area contributed by atoms with E-state index in [1.807, 2.05) is 6.07 Å². The van der Waals surface area contributed by atoms with Crippen molar-refractivity contribution >= 4 is 11.6 Å². The van der Waals surface area contributed by atoms with Gasteiger partial charge in [-0.25, -0.2) is 0 Å². The van der Waals surface area contributed by atoms with Gasteiger partial charge in [0.1, 0.15) is 13.5 Å². The first kappa shape index (κ1) is 9.95. The monoisotopic (exact) mass is 208 g/mol. The highest BCUT2D eigenvalue weighted by Crippen LogP contribution is 2.25. The van der Waals surface area contributed by atoms with Gasteiger partial charge in [-0.15, -0.1) is 0 Å². The molecule has 2 N–H and O–H groups in total. The molecule has 0 bridgehead atoms. The molecule has 0 fully saturated rings. The fraction of sp³-hybridized carbons (Fsp3) is 0.300. The summed E-state index contributed by atoms with van der Waals surface area (Å²) in [7, 11) is 0. The van der Waals surface area contributed by atoms with E-state index in [1.165, 1.54) is 4.90 Å². The number of benzene rings is 1. The fourth-order valence-corrected chi connectivity index (χ4v) is 1.68. The van der Waals surface area contributed by atoms with Crippen molar-refractivity contribution in [1.82, 2.24) is 4.90 Å². The van der Waals surface area contributed by atoms with E-state index in [0.29, 0.717) is 11.3 Å². The van der Waals surface area contributed by atoms with Gasteiger partial charge in [-0.2, -0.15) is 0 Å². The molecule has 15 heavy (non-hydrogen) atoms. The van der Waals surface area contributed by atoms with Crippen LogP contribution in [0.2, 0.25) is 0 Å². The standard InChI is InChI=1S/C10H12N2O3/c13-6-11-5-12(7-14)10(15)8-3-1-2-4-9(8)11/h1-4,13-14H,5-7H2. The van der Waals surface area contributed by atoms with Crippen LogP contribution in [-0.2, 0) is 0 Å². The van der Waals surface area contributed by atoms with E-state index >= 15 is 0 Å². The maximum Gasteiger partial charge on any atom is 0.259 e.